The van der Waals surface area contributed by atoms with Crippen molar-refractivity contribution >= 4 is 11.1 Å². The first-order chi connectivity index (χ1) is 18.4. The average Bonchev–Trinajstić information content (AvgIpc) is 2.92. The molecule has 0 atom stereocenters. The van der Waals surface area contributed by atoms with Gasteiger partial charge in [0.1, 0.15) is 29.9 Å². The van der Waals surface area contributed by atoms with Crippen LogP contribution in [0.4, 0.5) is 4.39 Å². The molecule has 200 valence electrons. The van der Waals surface area contributed by atoms with Crippen LogP contribution in [0.3, 0.4) is 0 Å². The molecule has 0 aromatic heterocycles. The van der Waals surface area contributed by atoms with Crippen LogP contribution in [0.15, 0.2) is 66.7 Å². The number of phenolic OH excluding ortho intramolecular Hbond substituents is 1. The maximum absolute atomic E-state index is 11.8. The minimum Gasteiger partial charge on any atom is -0.508 e. The van der Waals surface area contributed by atoms with Gasteiger partial charge >= 0.3 is 0 Å². The Bertz CT molecular complexity index is 1260. The molecule has 6 heteroatoms. The van der Waals surface area contributed by atoms with Gasteiger partial charge in [0.25, 0.3) is 0 Å². The Morgan fingerprint density at radius 3 is 2.39 bits per heavy atom. The Morgan fingerprint density at radius 2 is 1.82 bits per heavy atom. The second-order valence-electron chi connectivity index (χ2n) is 9.53. The number of fused-ring (bicyclic) bond motifs is 1. The van der Waals surface area contributed by atoms with Crippen molar-refractivity contribution in [2.75, 3.05) is 40.0 Å². The summed E-state index contributed by atoms with van der Waals surface area (Å²) < 4.78 is 22.9. The summed E-state index contributed by atoms with van der Waals surface area (Å²) in [5.41, 5.74) is 5.71. The van der Waals surface area contributed by atoms with Gasteiger partial charge in [0, 0.05) is 30.1 Å². The number of aromatic hydroxyl groups is 1. The van der Waals surface area contributed by atoms with Crippen molar-refractivity contribution in [2.24, 2.45) is 5.92 Å². The third kappa shape index (κ3) is 7.60. The Hall–Kier alpha value is -3.82. The maximum Gasteiger partial charge on any atom is 0.137 e. The smallest absolute Gasteiger partial charge is 0.137 e. The van der Waals surface area contributed by atoms with Crippen LogP contribution in [0.25, 0.3) is 11.1 Å². The number of rotatable bonds is 5. The number of hydrogen-bond acceptors (Lipinski definition) is 5. The Kier molecular flexibility index (Phi) is 10.7. The van der Waals surface area contributed by atoms with Crippen molar-refractivity contribution in [1.82, 2.24) is 4.90 Å². The number of halogens is 1. The van der Waals surface area contributed by atoms with E-state index in [9.17, 15) is 9.50 Å². The Balaban J connectivity index is 0.000000204. The Labute approximate surface area is 225 Å². The summed E-state index contributed by atoms with van der Waals surface area (Å²) in [5, 5.41) is 18.7. The van der Waals surface area contributed by atoms with Crippen molar-refractivity contribution in [2.45, 2.75) is 27.2 Å². The zero-order valence-electron chi connectivity index (χ0n) is 22.7. The van der Waals surface area contributed by atoms with E-state index in [-0.39, 0.29) is 12.4 Å². The standard InChI is InChI=1S/C18H15NO3.C7H14FN.C7H8/c1-11-15-8-14(20)5-6-17(15)22-10-16(11)12-3-4-13(9-19)18(7-12)21-2;1-2-3-9-5-7(4-8)6-9;1-7-5-3-2-4-6-7/h3-8,20H,10H2,1-2H3;7H,2-6H2,1H3;2-6H,1H3. The summed E-state index contributed by atoms with van der Waals surface area (Å²) >= 11 is 0. The molecule has 5 rings (SSSR count). The largest absolute Gasteiger partial charge is 0.508 e. The van der Waals surface area contributed by atoms with E-state index < -0.39 is 0 Å². The van der Waals surface area contributed by atoms with Crippen LogP contribution in [-0.2, 0) is 0 Å². The number of ether oxygens (including phenoxy) is 2. The van der Waals surface area contributed by atoms with E-state index in [0.29, 0.717) is 23.8 Å². The summed E-state index contributed by atoms with van der Waals surface area (Å²) in [6, 6.07) is 22.9. The molecule has 1 saturated heterocycles. The molecule has 2 aliphatic rings. The number of nitrogens with zero attached hydrogens (tertiary/aromatic N) is 2. The maximum atomic E-state index is 11.8. The highest BCUT2D eigenvalue weighted by Gasteiger charge is 2.25. The first-order valence-electron chi connectivity index (χ1n) is 12.9. The van der Waals surface area contributed by atoms with E-state index in [1.54, 1.807) is 31.4 Å². The van der Waals surface area contributed by atoms with Crippen LogP contribution >= 0.6 is 0 Å². The van der Waals surface area contributed by atoms with E-state index in [1.165, 1.54) is 12.0 Å². The van der Waals surface area contributed by atoms with E-state index in [0.717, 1.165) is 47.7 Å². The highest BCUT2D eigenvalue weighted by Crippen LogP contribution is 2.39. The number of methoxy groups -OCH3 is 1. The van der Waals surface area contributed by atoms with Gasteiger partial charge in [0.2, 0.25) is 0 Å². The lowest BCUT2D eigenvalue weighted by Gasteiger charge is -2.37. The molecule has 3 aromatic rings. The van der Waals surface area contributed by atoms with E-state index in [2.05, 4.69) is 36.9 Å². The second-order valence-corrected chi connectivity index (χ2v) is 9.53. The van der Waals surface area contributed by atoms with Gasteiger partial charge in [-0.2, -0.15) is 5.26 Å². The van der Waals surface area contributed by atoms with Crippen LogP contribution in [0, 0.1) is 24.2 Å². The van der Waals surface area contributed by atoms with E-state index in [1.807, 2.05) is 37.3 Å². The molecule has 5 nitrogen and oxygen atoms in total. The molecule has 0 saturated carbocycles. The fraction of sp³-hybridized carbons (Fsp3) is 0.344. The normalized spacial score (nSPS) is 14.4. The number of hydrogen-bond donors (Lipinski definition) is 1. The van der Waals surface area contributed by atoms with Crippen LogP contribution in [0.1, 0.15) is 42.5 Å². The number of aryl methyl sites for hydroxylation is 1. The number of allylic oxidation sites excluding steroid dienone is 1. The summed E-state index contributed by atoms with van der Waals surface area (Å²) in [6.45, 7) is 9.69. The average molecular weight is 517 g/mol. The van der Waals surface area contributed by atoms with Gasteiger partial charge in [-0.1, -0.05) is 48.9 Å². The zero-order valence-corrected chi connectivity index (χ0v) is 22.7. The molecule has 0 spiro atoms. The molecule has 1 N–H and O–H groups in total. The highest BCUT2D eigenvalue weighted by molar-refractivity contribution is 5.94. The molecular formula is C32H37FN2O3. The van der Waals surface area contributed by atoms with Crippen molar-refractivity contribution in [1.29, 1.82) is 5.26 Å². The summed E-state index contributed by atoms with van der Waals surface area (Å²) in [7, 11) is 1.55. The summed E-state index contributed by atoms with van der Waals surface area (Å²) in [5.74, 6) is 1.87. The van der Waals surface area contributed by atoms with Crippen LogP contribution in [-0.4, -0.2) is 50.0 Å². The molecule has 0 radical (unpaired) electrons. The molecule has 2 aliphatic heterocycles. The first-order valence-corrected chi connectivity index (χ1v) is 12.9. The highest BCUT2D eigenvalue weighted by atomic mass is 19.1. The quantitative estimate of drug-likeness (QED) is 0.400. The molecule has 0 unspecified atom stereocenters. The van der Waals surface area contributed by atoms with Crippen molar-refractivity contribution < 1.29 is 19.0 Å². The summed E-state index contributed by atoms with van der Waals surface area (Å²) in [6.07, 6.45) is 1.19. The predicted molar refractivity (Wildman–Crippen MR) is 151 cm³/mol. The van der Waals surface area contributed by atoms with Gasteiger partial charge in [0.15, 0.2) is 0 Å². The van der Waals surface area contributed by atoms with Gasteiger partial charge in [-0.15, -0.1) is 0 Å². The molecule has 38 heavy (non-hydrogen) atoms. The molecule has 3 aromatic carbocycles. The molecular weight excluding hydrogens is 479 g/mol. The SMILES string of the molecule is CCCN1CC(CF)C1.COc1cc(C2=C(C)c3cc(O)ccc3OC2)ccc1C#N.Cc1ccccc1. The van der Waals surface area contributed by atoms with Crippen LogP contribution in [0.2, 0.25) is 0 Å². The predicted octanol–water partition coefficient (Wildman–Crippen LogP) is 6.89. The zero-order chi connectivity index (χ0) is 27.5. The van der Waals surface area contributed by atoms with Crippen LogP contribution in [0.5, 0.6) is 17.2 Å². The minimum absolute atomic E-state index is 0.125. The van der Waals surface area contributed by atoms with Crippen LogP contribution < -0.4 is 9.47 Å². The van der Waals surface area contributed by atoms with E-state index in [4.69, 9.17) is 14.7 Å². The van der Waals surface area contributed by atoms with Gasteiger partial charge < -0.3 is 19.5 Å². The molecule has 1 fully saturated rings. The second kappa shape index (κ2) is 14.2. The summed E-state index contributed by atoms with van der Waals surface area (Å²) in [4.78, 5) is 2.30. The number of alkyl halides is 1. The lowest BCUT2D eigenvalue weighted by molar-refractivity contribution is 0.0814. The minimum atomic E-state index is -0.125. The number of phenols is 1. The molecule has 0 bridgehead atoms. The first kappa shape index (κ1) is 28.7. The van der Waals surface area contributed by atoms with E-state index >= 15 is 0 Å². The van der Waals surface area contributed by atoms with Crippen molar-refractivity contribution in [3.63, 3.8) is 0 Å². The molecule has 2 heterocycles. The fourth-order valence-electron chi connectivity index (χ4n) is 4.44. The van der Waals surface area contributed by atoms with Crippen molar-refractivity contribution in [3.05, 3.63) is 89.0 Å². The lowest BCUT2D eigenvalue weighted by atomic mass is 9.93. The fourth-order valence-corrected chi connectivity index (χ4v) is 4.44. The third-order valence-corrected chi connectivity index (χ3v) is 6.59. The Morgan fingerprint density at radius 1 is 1.08 bits per heavy atom. The van der Waals surface area contributed by atoms with Gasteiger partial charge in [-0.3, -0.25) is 4.39 Å². The van der Waals surface area contributed by atoms with Gasteiger partial charge in [0.05, 0.1) is 19.3 Å². The number of benzene rings is 3. The van der Waals surface area contributed by atoms with Gasteiger partial charge in [-0.25, -0.2) is 0 Å². The molecule has 0 amide bonds. The topological polar surface area (TPSA) is 65.7 Å². The lowest BCUT2D eigenvalue weighted by Crippen LogP contribution is -2.47. The number of nitriles is 1. The van der Waals surface area contributed by atoms with Crippen molar-refractivity contribution in [3.8, 4) is 23.3 Å². The monoisotopic (exact) mass is 516 g/mol. The van der Waals surface area contributed by atoms with Gasteiger partial charge in [-0.05, 0) is 68.3 Å². The third-order valence-electron chi connectivity index (χ3n) is 6.59. The number of likely N-dealkylation sites (tertiary alicyclic amines) is 1. The molecule has 0 aliphatic carbocycles.